The Morgan fingerprint density at radius 3 is 2.48 bits per heavy atom. The Labute approximate surface area is 122 Å². The number of carboxylic acids is 1. The number of hydrogen-bond donors (Lipinski definition) is 4. The number of carbonyl (C=O) groups excluding carboxylic acids is 1. The Bertz CT molecular complexity index is 553. The molecule has 6 heteroatoms. The number of amides is 1. The third-order valence-corrected chi connectivity index (χ3v) is 3.84. The fraction of sp³-hybridized carbons (Fsp3) is 0.467. The molecule has 0 spiro atoms. The van der Waals surface area contributed by atoms with Crippen molar-refractivity contribution in [3.8, 4) is 11.5 Å². The Morgan fingerprint density at radius 2 is 1.95 bits per heavy atom. The lowest BCUT2D eigenvalue weighted by Crippen LogP contribution is -2.44. The molecule has 1 aliphatic carbocycles. The first-order chi connectivity index (χ1) is 9.88. The Morgan fingerprint density at radius 1 is 1.29 bits per heavy atom. The molecule has 0 aromatic heterocycles. The van der Waals surface area contributed by atoms with Gasteiger partial charge < -0.3 is 20.6 Å². The van der Waals surface area contributed by atoms with Crippen LogP contribution in [-0.2, 0) is 16.0 Å². The molecule has 4 N–H and O–H groups in total. The van der Waals surface area contributed by atoms with Crippen LogP contribution in [0, 0.1) is 11.8 Å². The highest BCUT2D eigenvalue weighted by Gasteiger charge is 2.34. The standard InChI is InChI=1S/C15H19NO5/c1-8(10-3-4-10)14(19)16-11(15(20)21)6-9-2-5-12(17)13(18)7-9/h2,5,7-8,10-11,17-18H,3-4,6H2,1H3,(H,16,19)(H,20,21). The van der Waals surface area contributed by atoms with E-state index >= 15 is 0 Å². The molecule has 21 heavy (non-hydrogen) atoms. The molecule has 1 fully saturated rings. The minimum Gasteiger partial charge on any atom is -0.504 e. The summed E-state index contributed by atoms with van der Waals surface area (Å²) < 4.78 is 0. The van der Waals surface area contributed by atoms with Crippen molar-refractivity contribution in [1.29, 1.82) is 0 Å². The lowest BCUT2D eigenvalue weighted by atomic mass is 10.0. The van der Waals surface area contributed by atoms with Gasteiger partial charge in [0.1, 0.15) is 6.04 Å². The summed E-state index contributed by atoms with van der Waals surface area (Å²) in [4.78, 5) is 23.3. The molecule has 6 nitrogen and oxygen atoms in total. The first-order valence-electron chi connectivity index (χ1n) is 6.92. The first kappa shape index (κ1) is 15.2. The summed E-state index contributed by atoms with van der Waals surface area (Å²) in [6, 6.07) is 3.05. The van der Waals surface area contributed by atoms with Crippen molar-refractivity contribution < 1.29 is 24.9 Å². The molecule has 0 radical (unpaired) electrons. The monoisotopic (exact) mass is 293 g/mol. The molecule has 0 saturated heterocycles. The van der Waals surface area contributed by atoms with Gasteiger partial charge in [-0.3, -0.25) is 4.79 Å². The summed E-state index contributed by atoms with van der Waals surface area (Å²) in [6.07, 6.45) is 2.07. The molecule has 1 amide bonds. The number of benzene rings is 1. The quantitative estimate of drug-likeness (QED) is 0.591. The molecular formula is C15H19NO5. The second kappa shape index (κ2) is 6.03. The lowest BCUT2D eigenvalue weighted by molar-refractivity contribution is -0.142. The van der Waals surface area contributed by atoms with Crippen LogP contribution >= 0.6 is 0 Å². The Kier molecular flexibility index (Phi) is 4.35. The normalized spacial score (nSPS) is 17.0. The van der Waals surface area contributed by atoms with E-state index in [0.717, 1.165) is 12.8 Å². The molecule has 1 aromatic carbocycles. The van der Waals surface area contributed by atoms with Crippen molar-refractivity contribution in [2.24, 2.45) is 11.8 Å². The van der Waals surface area contributed by atoms with E-state index in [2.05, 4.69) is 5.32 Å². The van der Waals surface area contributed by atoms with E-state index in [0.29, 0.717) is 11.5 Å². The minimum atomic E-state index is -1.13. The molecule has 2 atom stereocenters. The van der Waals surface area contributed by atoms with Gasteiger partial charge in [-0.15, -0.1) is 0 Å². The Balaban J connectivity index is 2.02. The van der Waals surface area contributed by atoms with Crippen LogP contribution < -0.4 is 5.32 Å². The van der Waals surface area contributed by atoms with Gasteiger partial charge in [0.2, 0.25) is 5.91 Å². The van der Waals surface area contributed by atoms with Gasteiger partial charge in [0.05, 0.1) is 0 Å². The van der Waals surface area contributed by atoms with Crippen LogP contribution in [0.3, 0.4) is 0 Å². The minimum absolute atomic E-state index is 0.0479. The van der Waals surface area contributed by atoms with E-state index in [1.54, 1.807) is 6.92 Å². The number of phenolic OH excluding ortho intramolecular Hbond substituents is 2. The summed E-state index contributed by atoms with van der Waals surface area (Å²) in [7, 11) is 0. The van der Waals surface area contributed by atoms with Crippen LogP contribution in [0.25, 0.3) is 0 Å². The highest BCUT2D eigenvalue weighted by atomic mass is 16.4. The molecule has 1 aromatic rings. The van der Waals surface area contributed by atoms with Gasteiger partial charge in [-0.25, -0.2) is 4.79 Å². The van der Waals surface area contributed by atoms with Crippen molar-refractivity contribution in [1.82, 2.24) is 5.32 Å². The largest absolute Gasteiger partial charge is 0.504 e. The molecule has 2 rings (SSSR count). The summed E-state index contributed by atoms with van der Waals surface area (Å²) in [5.74, 6) is -1.78. The second-order valence-corrected chi connectivity index (χ2v) is 5.55. The van der Waals surface area contributed by atoms with Crippen molar-refractivity contribution in [2.45, 2.75) is 32.2 Å². The molecule has 2 unspecified atom stereocenters. The lowest BCUT2D eigenvalue weighted by Gasteiger charge is -2.18. The van der Waals surface area contributed by atoms with E-state index in [1.165, 1.54) is 18.2 Å². The number of nitrogens with one attached hydrogen (secondary N) is 1. The maximum Gasteiger partial charge on any atom is 0.326 e. The second-order valence-electron chi connectivity index (χ2n) is 5.55. The highest BCUT2D eigenvalue weighted by Crippen LogP contribution is 2.36. The topological polar surface area (TPSA) is 107 Å². The fourth-order valence-electron chi connectivity index (χ4n) is 2.25. The van der Waals surface area contributed by atoms with Crippen molar-refractivity contribution in [3.05, 3.63) is 23.8 Å². The summed E-state index contributed by atoms with van der Waals surface area (Å²) in [5, 5.41) is 30.4. The number of phenols is 2. The van der Waals surface area contributed by atoms with Gasteiger partial charge in [0, 0.05) is 12.3 Å². The summed E-state index contributed by atoms with van der Waals surface area (Å²) in [5.41, 5.74) is 0.525. The molecule has 0 aliphatic heterocycles. The van der Waals surface area contributed by atoms with Crippen molar-refractivity contribution >= 4 is 11.9 Å². The van der Waals surface area contributed by atoms with Crippen LogP contribution in [0.15, 0.2) is 18.2 Å². The smallest absolute Gasteiger partial charge is 0.326 e. The number of rotatable bonds is 6. The van der Waals surface area contributed by atoms with Crippen LogP contribution in [0.1, 0.15) is 25.3 Å². The van der Waals surface area contributed by atoms with Crippen molar-refractivity contribution in [3.63, 3.8) is 0 Å². The maximum atomic E-state index is 12.0. The maximum absolute atomic E-state index is 12.0. The summed E-state index contributed by atoms with van der Waals surface area (Å²) >= 11 is 0. The van der Waals surface area contributed by atoms with Gasteiger partial charge in [-0.2, -0.15) is 0 Å². The number of aliphatic carboxylic acids is 1. The SMILES string of the molecule is CC(C(=O)NC(Cc1ccc(O)c(O)c1)C(=O)O)C1CC1. The van der Waals surface area contributed by atoms with Gasteiger partial charge >= 0.3 is 5.97 Å². The molecule has 0 bridgehead atoms. The van der Waals surface area contributed by atoms with Crippen molar-refractivity contribution in [2.75, 3.05) is 0 Å². The number of aromatic hydroxyl groups is 2. The fourth-order valence-corrected chi connectivity index (χ4v) is 2.25. The van der Waals surface area contributed by atoms with Crippen LogP contribution in [0.5, 0.6) is 11.5 Å². The average Bonchev–Trinajstić information content (AvgIpc) is 3.25. The molecule has 114 valence electrons. The van der Waals surface area contributed by atoms with E-state index in [9.17, 15) is 24.9 Å². The van der Waals surface area contributed by atoms with Gasteiger partial charge in [-0.05, 0) is 36.5 Å². The van der Waals surface area contributed by atoms with Crippen LogP contribution in [0.4, 0.5) is 0 Å². The van der Waals surface area contributed by atoms with E-state index in [1.807, 2.05) is 0 Å². The van der Waals surface area contributed by atoms with Crippen LogP contribution in [-0.4, -0.2) is 33.2 Å². The highest BCUT2D eigenvalue weighted by molar-refractivity contribution is 5.85. The van der Waals surface area contributed by atoms with Gasteiger partial charge in [-0.1, -0.05) is 13.0 Å². The van der Waals surface area contributed by atoms with E-state index in [-0.39, 0.29) is 29.7 Å². The van der Waals surface area contributed by atoms with E-state index < -0.39 is 12.0 Å². The number of carbonyl (C=O) groups is 2. The summed E-state index contributed by atoms with van der Waals surface area (Å²) in [6.45, 7) is 1.80. The van der Waals surface area contributed by atoms with Gasteiger partial charge in [0.25, 0.3) is 0 Å². The Hall–Kier alpha value is -2.24. The zero-order valence-electron chi connectivity index (χ0n) is 11.7. The zero-order chi connectivity index (χ0) is 15.6. The molecule has 1 saturated carbocycles. The molecule has 0 heterocycles. The number of hydrogen-bond acceptors (Lipinski definition) is 4. The average molecular weight is 293 g/mol. The molecule has 1 aliphatic rings. The number of carboxylic acid groups (broad SMARTS) is 1. The zero-order valence-corrected chi connectivity index (χ0v) is 11.7. The predicted octanol–water partition coefficient (Wildman–Crippen LogP) is 1.26. The third kappa shape index (κ3) is 3.87. The van der Waals surface area contributed by atoms with Crippen LogP contribution in [0.2, 0.25) is 0 Å². The predicted molar refractivity (Wildman–Crippen MR) is 74.9 cm³/mol. The first-order valence-corrected chi connectivity index (χ1v) is 6.92. The molecular weight excluding hydrogens is 274 g/mol. The third-order valence-electron chi connectivity index (χ3n) is 3.84. The van der Waals surface area contributed by atoms with E-state index in [4.69, 9.17) is 0 Å². The van der Waals surface area contributed by atoms with Gasteiger partial charge in [0.15, 0.2) is 11.5 Å².